The molecule has 0 aliphatic rings. The van der Waals surface area contributed by atoms with Gasteiger partial charge in [-0.25, -0.2) is 0 Å². The minimum Gasteiger partial charge on any atom is -0.425 e. The zero-order chi connectivity index (χ0) is 16.5. The molecule has 1 atom stereocenters. The van der Waals surface area contributed by atoms with Gasteiger partial charge < -0.3 is 14.6 Å². The van der Waals surface area contributed by atoms with Gasteiger partial charge in [-0.05, 0) is 18.3 Å². The van der Waals surface area contributed by atoms with Gasteiger partial charge in [0.25, 0.3) is 0 Å². The maximum Gasteiger partial charge on any atom is 0.311 e. The van der Waals surface area contributed by atoms with E-state index in [9.17, 15) is 9.59 Å². The highest BCUT2D eigenvalue weighted by Gasteiger charge is 2.17. The second-order valence-electron chi connectivity index (χ2n) is 6.53. The highest BCUT2D eigenvalue weighted by Crippen LogP contribution is 2.22. The first-order valence-corrected chi connectivity index (χ1v) is 7.69. The molecule has 0 radical (unpaired) electrons. The Balaban J connectivity index is 3.74. The maximum atomic E-state index is 11.6. The normalized spacial score (nSPS) is 13.1. The molecule has 0 bridgehead atoms. The first-order valence-electron chi connectivity index (χ1n) is 7.69. The van der Waals surface area contributed by atoms with Gasteiger partial charge in [0, 0.05) is 20.0 Å². The average Bonchev–Trinajstić information content (AvgIpc) is 2.37. The Morgan fingerprint density at radius 3 is 2.19 bits per heavy atom. The second-order valence-corrected chi connectivity index (χ2v) is 6.53. The summed E-state index contributed by atoms with van der Waals surface area (Å²) in [5.74, 6) is -0.956. The molecule has 0 saturated carbocycles. The Labute approximate surface area is 128 Å². The number of carbonyl (C=O) groups excluding carboxylic acids is 2. The lowest BCUT2D eigenvalue weighted by Crippen LogP contribution is -2.24. The van der Waals surface area contributed by atoms with Gasteiger partial charge in [-0.1, -0.05) is 40.5 Å². The van der Waals surface area contributed by atoms with Gasteiger partial charge >= 0.3 is 11.9 Å². The van der Waals surface area contributed by atoms with E-state index < -0.39 is 6.29 Å². The zero-order valence-corrected chi connectivity index (χ0v) is 14.0. The number of hydrogen-bond donors (Lipinski definition) is 1. The third-order valence-electron chi connectivity index (χ3n) is 3.21. The van der Waals surface area contributed by atoms with Crippen LogP contribution in [0.5, 0.6) is 0 Å². The van der Waals surface area contributed by atoms with Crippen LogP contribution in [0.1, 0.15) is 66.7 Å². The molecule has 0 aliphatic carbocycles. The number of hydrogen-bond acceptors (Lipinski definition) is 5. The standard InChI is InChI=1S/C16H30O5/c1-12(2)15(19)21-13(3)20-14(18)9-7-6-8-10-16(4,5)11-17/h12-13,17H,6-11H2,1-5H3. The van der Waals surface area contributed by atoms with Gasteiger partial charge in [0.05, 0.1) is 5.92 Å². The number of aliphatic hydroxyl groups is 1. The lowest BCUT2D eigenvalue weighted by molar-refractivity contribution is -0.186. The monoisotopic (exact) mass is 302 g/mol. The first kappa shape index (κ1) is 19.9. The number of unbranched alkanes of at least 4 members (excludes halogenated alkanes) is 2. The van der Waals surface area contributed by atoms with Crippen molar-refractivity contribution in [2.75, 3.05) is 6.61 Å². The lowest BCUT2D eigenvalue weighted by atomic mass is 9.88. The van der Waals surface area contributed by atoms with Crippen LogP contribution in [0.4, 0.5) is 0 Å². The first-order chi connectivity index (χ1) is 9.68. The van der Waals surface area contributed by atoms with E-state index in [1.165, 1.54) is 0 Å². The number of aliphatic hydroxyl groups excluding tert-OH is 1. The van der Waals surface area contributed by atoms with Crippen LogP contribution in [-0.4, -0.2) is 29.9 Å². The Hall–Kier alpha value is -1.10. The molecule has 1 unspecified atom stereocenters. The van der Waals surface area contributed by atoms with Crippen molar-refractivity contribution in [1.82, 2.24) is 0 Å². The maximum absolute atomic E-state index is 11.6. The van der Waals surface area contributed by atoms with E-state index in [2.05, 4.69) is 0 Å². The number of ether oxygens (including phenoxy) is 2. The molecular formula is C16H30O5. The second kappa shape index (κ2) is 9.77. The quantitative estimate of drug-likeness (QED) is 0.381. The summed E-state index contributed by atoms with van der Waals surface area (Å²) >= 11 is 0. The van der Waals surface area contributed by atoms with Gasteiger partial charge in [0.1, 0.15) is 0 Å². The van der Waals surface area contributed by atoms with Crippen molar-refractivity contribution in [2.24, 2.45) is 11.3 Å². The fourth-order valence-electron chi connectivity index (χ4n) is 1.70. The molecule has 0 rings (SSSR count). The van der Waals surface area contributed by atoms with E-state index >= 15 is 0 Å². The molecule has 0 aromatic rings. The predicted molar refractivity (Wildman–Crippen MR) is 80.4 cm³/mol. The van der Waals surface area contributed by atoms with E-state index in [-0.39, 0.29) is 29.9 Å². The van der Waals surface area contributed by atoms with E-state index in [4.69, 9.17) is 14.6 Å². The van der Waals surface area contributed by atoms with Gasteiger partial charge in [0.15, 0.2) is 0 Å². The highest BCUT2D eigenvalue weighted by molar-refractivity contribution is 5.72. The molecule has 0 spiro atoms. The molecule has 0 amide bonds. The third-order valence-corrected chi connectivity index (χ3v) is 3.21. The molecule has 0 aromatic carbocycles. The molecule has 1 N–H and O–H groups in total. The van der Waals surface area contributed by atoms with Gasteiger partial charge in [-0.3, -0.25) is 9.59 Å². The molecule has 5 heteroatoms. The summed E-state index contributed by atoms with van der Waals surface area (Å²) in [6.07, 6.45) is 3.05. The van der Waals surface area contributed by atoms with Crippen molar-refractivity contribution >= 4 is 11.9 Å². The fraction of sp³-hybridized carbons (Fsp3) is 0.875. The molecule has 0 fully saturated rings. The lowest BCUT2D eigenvalue weighted by Gasteiger charge is -2.21. The topological polar surface area (TPSA) is 72.8 Å². The van der Waals surface area contributed by atoms with Crippen LogP contribution in [0.25, 0.3) is 0 Å². The fourth-order valence-corrected chi connectivity index (χ4v) is 1.70. The number of esters is 2. The molecule has 124 valence electrons. The molecule has 5 nitrogen and oxygen atoms in total. The summed E-state index contributed by atoms with van der Waals surface area (Å²) in [5, 5.41) is 9.13. The smallest absolute Gasteiger partial charge is 0.311 e. The third kappa shape index (κ3) is 10.3. The molecule has 21 heavy (non-hydrogen) atoms. The average molecular weight is 302 g/mol. The van der Waals surface area contributed by atoms with Crippen molar-refractivity contribution in [3.8, 4) is 0 Å². The van der Waals surface area contributed by atoms with E-state index in [1.54, 1.807) is 20.8 Å². The summed E-state index contributed by atoms with van der Waals surface area (Å²) in [6.45, 7) is 9.21. The minimum atomic E-state index is -0.833. The Bertz CT molecular complexity index is 323. The molecule has 0 aromatic heterocycles. The summed E-state index contributed by atoms with van der Waals surface area (Å²) in [6, 6.07) is 0. The molecule has 0 aliphatic heterocycles. The predicted octanol–water partition coefficient (Wildman–Crippen LogP) is 3.04. The van der Waals surface area contributed by atoms with E-state index in [0.29, 0.717) is 6.42 Å². The van der Waals surface area contributed by atoms with Crippen molar-refractivity contribution in [1.29, 1.82) is 0 Å². The van der Waals surface area contributed by atoms with Crippen molar-refractivity contribution in [2.45, 2.75) is 73.0 Å². The van der Waals surface area contributed by atoms with Gasteiger partial charge in [-0.15, -0.1) is 0 Å². The van der Waals surface area contributed by atoms with Crippen LogP contribution < -0.4 is 0 Å². The van der Waals surface area contributed by atoms with E-state index in [0.717, 1.165) is 25.7 Å². The number of carbonyl (C=O) groups is 2. The Morgan fingerprint density at radius 1 is 1.05 bits per heavy atom. The Kier molecular flexibility index (Phi) is 9.26. The van der Waals surface area contributed by atoms with Crippen molar-refractivity contribution in [3.05, 3.63) is 0 Å². The van der Waals surface area contributed by atoms with Gasteiger partial charge in [0.2, 0.25) is 6.29 Å². The van der Waals surface area contributed by atoms with Gasteiger partial charge in [-0.2, -0.15) is 0 Å². The zero-order valence-electron chi connectivity index (χ0n) is 14.0. The number of rotatable bonds is 10. The van der Waals surface area contributed by atoms with Crippen LogP contribution in [0.3, 0.4) is 0 Å². The summed E-state index contributed by atoms with van der Waals surface area (Å²) in [5.41, 5.74) is -0.0555. The largest absolute Gasteiger partial charge is 0.425 e. The summed E-state index contributed by atoms with van der Waals surface area (Å²) < 4.78 is 9.98. The van der Waals surface area contributed by atoms with Crippen LogP contribution in [-0.2, 0) is 19.1 Å². The summed E-state index contributed by atoms with van der Waals surface area (Å²) in [7, 11) is 0. The van der Waals surface area contributed by atoms with Crippen LogP contribution >= 0.6 is 0 Å². The van der Waals surface area contributed by atoms with Crippen LogP contribution in [0.15, 0.2) is 0 Å². The molecule has 0 saturated heterocycles. The van der Waals surface area contributed by atoms with Crippen molar-refractivity contribution in [3.63, 3.8) is 0 Å². The minimum absolute atomic E-state index is 0.0555. The van der Waals surface area contributed by atoms with Crippen LogP contribution in [0.2, 0.25) is 0 Å². The highest BCUT2D eigenvalue weighted by atomic mass is 16.7. The van der Waals surface area contributed by atoms with Crippen LogP contribution in [0, 0.1) is 11.3 Å². The van der Waals surface area contributed by atoms with Crippen molar-refractivity contribution < 1.29 is 24.2 Å². The van der Waals surface area contributed by atoms with E-state index in [1.807, 2.05) is 13.8 Å². The Morgan fingerprint density at radius 2 is 1.67 bits per heavy atom. The molecular weight excluding hydrogens is 272 g/mol. The summed E-state index contributed by atoms with van der Waals surface area (Å²) in [4.78, 5) is 22.9. The molecule has 0 heterocycles. The SMILES string of the molecule is CC(OC(=O)CCCCCC(C)(C)CO)OC(=O)C(C)C.